The number of thiazole rings is 1. The summed E-state index contributed by atoms with van der Waals surface area (Å²) in [5.41, 5.74) is 3.35. The van der Waals surface area contributed by atoms with Crippen molar-refractivity contribution in [2.75, 3.05) is 21.7 Å². The van der Waals surface area contributed by atoms with Crippen LogP contribution in [0, 0.1) is 0 Å². The Labute approximate surface area is 284 Å². The van der Waals surface area contributed by atoms with Gasteiger partial charge in [-0.1, -0.05) is 58.7 Å². The Morgan fingerprint density at radius 1 is 0.978 bits per heavy atom. The van der Waals surface area contributed by atoms with Gasteiger partial charge in [-0.2, -0.15) is 0 Å². The maximum atomic E-state index is 14.0. The monoisotopic (exact) mass is 745 g/mol. The number of carboxylic acid groups (broad SMARTS) is 1. The van der Waals surface area contributed by atoms with Gasteiger partial charge in [-0.3, -0.25) is 13.2 Å². The lowest BCUT2D eigenvalue weighted by atomic mass is 9.83. The highest BCUT2D eigenvalue weighted by Gasteiger charge is 2.27. The molecular weight excluding hydrogens is 710 g/mol. The summed E-state index contributed by atoms with van der Waals surface area (Å²) in [5.74, 6) is -0.932. The highest BCUT2D eigenvalue weighted by Crippen LogP contribution is 2.36. The Bertz CT molecular complexity index is 1780. The Hall–Kier alpha value is -3.10. The third-order valence-corrected chi connectivity index (χ3v) is 12.1. The maximum absolute atomic E-state index is 14.0. The highest BCUT2D eigenvalue weighted by molar-refractivity contribution is 9.10. The molecule has 1 unspecified atom stereocenters. The van der Waals surface area contributed by atoms with Gasteiger partial charge >= 0.3 is 5.97 Å². The van der Waals surface area contributed by atoms with Crippen LogP contribution in [0.1, 0.15) is 70.2 Å². The fourth-order valence-electron chi connectivity index (χ4n) is 5.44. The molecule has 1 saturated carbocycles. The molecule has 1 atom stereocenters. The zero-order valence-corrected chi connectivity index (χ0v) is 29.2. The minimum absolute atomic E-state index is 0.00589. The first-order chi connectivity index (χ1) is 22.1. The number of halogens is 1. The molecule has 4 aromatic rings. The molecule has 46 heavy (non-hydrogen) atoms. The van der Waals surface area contributed by atoms with Gasteiger partial charge in [0.15, 0.2) is 0 Å². The van der Waals surface area contributed by atoms with Crippen LogP contribution in [0.4, 0.5) is 11.4 Å². The number of aromatic nitrogens is 1. The quantitative estimate of drug-likeness (QED) is 0.0903. The molecule has 5 rings (SSSR count). The van der Waals surface area contributed by atoms with E-state index < -0.39 is 27.3 Å². The summed E-state index contributed by atoms with van der Waals surface area (Å²) in [4.78, 5) is 16.9. The van der Waals surface area contributed by atoms with E-state index in [4.69, 9.17) is 4.98 Å². The summed E-state index contributed by atoms with van der Waals surface area (Å²) in [5, 5.41) is 13.1. The molecule has 9 nitrogen and oxygen atoms in total. The number of carbonyl (C=O) groups is 1. The lowest BCUT2D eigenvalue weighted by Gasteiger charge is -2.27. The predicted molar refractivity (Wildman–Crippen MR) is 187 cm³/mol. The van der Waals surface area contributed by atoms with Gasteiger partial charge in [0.25, 0.3) is 11.3 Å². The fourth-order valence-corrected chi connectivity index (χ4v) is 8.80. The lowest BCUT2D eigenvalue weighted by molar-refractivity contribution is 0.0697. The summed E-state index contributed by atoms with van der Waals surface area (Å²) in [6.45, 7) is 0.203. The second-order valence-corrected chi connectivity index (χ2v) is 15.9. The van der Waals surface area contributed by atoms with Crippen molar-refractivity contribution in [1.82, 2.24) is 4.98 Å². The number of unbranched alkanes of at least 4 members (excludes halogenated alkanes) is 1. The van der Waals surface area contributed by atoms with Gasteiger partial charge in [-0.05, 0) is 79.6 Å². The standard InChI is InChI=1S/C33H36BrN3O6S3/c34-27-14-16-28(17-15-27)36(45(40)41)19-3-4-20-37(31-12-2-1-11-29(31)33(38)39)46(42,43)23-25-8-5-7-24(21-25)13-18-32-35-30(22-44-32)26-9-6-10-26/h1-2,5,7-8,11-12,14-17,21-22,26H,3-4,6,9-10,13,18-20,23H2,(H,38,39)(H,40,41). The number of aryl methyl sites for hydroxylation is 2. The first-order valence-corrected chi connectivity index (χ1v) is 19.4. The number of para-hydroxylation sites is 1. The Balaban J connectivity index is 1.29. The molecule has 0 aliphatic heterocycles. The number of aromatic carboxylic acids is 1. The van der Waals surface area contributed by atoms with Crippen molar-refractivity contribution in [3.05, 3.63) is 110 Å². The van der Waals surface area contributed by atoms with Crippen LogP contribution in [-0.4, -0.2) is 46.3 Å². The molecule has 1 aliphatic rings. The maximum Gasteiger partial charge on any atom is 0.337 e. The number of nitrogens with zero attached hydrogens (tertiary/aromatic N) is 3. The van der Waals surface area contributed by atoms with E-state index in [1.807, 2.05) is 18.2 Å². The Morgan fingerprint density at radius 3 is 2.39 bits per heavy atom. The van der Waals surface area contributed by atoms with Gasteiger partial charge in [-0.15, -0.1) is 11.3 Å². The zero-order chi connectivity index (χ0) is 32.7. The molecule has 0 radical (unpaired) electrons. The molecule has 1 aromatic heterocycles. The SMILES string of the molecule is O=C(O)c1ccccc1N(CCCCN(c1ccc(Br)cc1)S(=O)O)S(=O)(=O)Cc1cccc(CCc2nc(C3CCC3)cs2)c1. The molecule has 1 aliphatic carbocycles. The molecule has 244 valence electrons. The Kier molecular flexibility index (Phi) is 11.7. The van der Waals surface area contributed by atoms with Crippen LogP contribution in [0.15, 0.2) is 82.6 Å². The van der Waals surface area contributed by atoms with Crippen molar-refractivity contribution in [2.45, 2.75) is 56.6 Å². The number of carboxylic acids is 1. The minimum atomic E-state index is -4.01. The Morgan fingerprint density at radius 2 is 1.70 bits per heavy atom. The average Bonchev–Trinajstić information content (AvgIpc) is 3.45. The van der Waals surface area contributed by atoms with Crippen molar-refractivity contribution >= 4 is 65.9 Å². The summed E-state index contributed by atoms with van der Waals surface area (Å²) in [6.07, 6.45) is 5.92. The molecule has 1 heterocycles. The fraction of sp³-hybridized carbons (Fsp3) is 0.333. The number of hydrogen-bond donors (Lipinski definition) is 2. The van der Waals surface area contributed by atoms with Gasteiger partial charge in [-0.25, -0.2) is 22.4 Å². The van der Waals surface area contributed by atoms with Crippen molar-refractivity contribution in [1.29, 1.82) is 0 Å². The minimum Gasteiger partial charge on any atom is -0.478 e. The largest absolute Gasteiger partial charge is 0.478 e. The predicted octanol–water partition coefficient (Wildman–Crippen LogP) is 7.42. The first kappa shape index (κ1) is 34.2. The molecule has 13 heteroatoms. The second kappa shape index (κ2) is 15.7. The molecule has 0 spiro atoms. The molecule has 3 aromatic carbocycles. The summed E-state index contributed by atoms with van der Waals surface area (Å²) >= 11 is 2.76. The average molecular weight is 747 g/mol. The molecule has 0 saturated heterocycles. The third kappa shape index (κ3) is 8.82. The summed E-state index contributed by atoms with van der Waals surface area (Å²) in [7, 11) is -4.01. The van der Waals surface area contributed by atoms with E-state index in [0.29, 0.717) is 30.0 Å². The van der Waals surface area contributed by atoms with Crippen molar-refractivity contribution in [2.24, 2.45) is 0 Å². The van der Waals surface area contributed by atoms with E-state index in [9.17, 15) is 27.1 Å². The molecule has 1 fully saturated rings. The molecule has 2 N–H and O–H groups in total. The first-order valence-electron chi connectivity index (χ1n) is 15.1. The third-order valence-electron chi connectivity index (χ3n) is 8.08. The van der Waals surface area contributed by atoms with Crippen LogP contribution in [0.5, 0.6) is 0 Å². The van der Waals surface area contributed by atoms with E-state index in [1.54, 1.807) is 53.8 Å². The number of rotatable bonds is 16. The number of benzene rings is 3. The van der Waals surface area contributed by atoms with Crippen LogP contribution in [-0.2, 0) is 39.9 Å². The topological polar surface area (TPSA) is 128 Å². The van der Waals surface area contributed by atoms with E-state index in [1.165, 1.54) is 45.7 Å². The highest BCUT2D eigenvalue weighted by atomic mass is 79.9. The van der Waals surface area contributed by atoms with Crippen LogP contribution in [0.25, 0.3) is 0 Å². The molecule has 0 amide bonds. The lowest BCUT2D eigenvalue weighted by Crippen LogP contribution is -2.35. The van der Waals surface area contributed by atoms with Gasteiger partial charge in [0, 0.05) is 35.3 Å². The van der Waals surface area contributed by atoms with E-state index in [2.05, 4.69) is 21.3 Å². The van der Waals surface area contributed by atoms with E-state index >= 15 is 0 Å². The van der Waals surface area contributed by atoms with Gasteiger partial charge in [0.05, 0.1) is 33.4 Å². The summed E-state index contributed by atoms with van der Waals surface area (Å²) < 4.78 is 53.2. The van der Waals surface area contributed by atoms with E-state index in [-0.39, 0.29) is 30.1 Å². The van der Waals surface area contributed by atoms with Crippen LogP contribution in [0.2, 0.25) is 0 Å². The number of anilines is 2. The van der Waals surface area contributed by atoms with Crippen molar-refractivity contribution < 1.29 is 27.1 Å². The number of hydrogen-bond acceptors (Lipinski definition) is 6. The molecule has 0 bridgehead atoms. The molecular formula is C33H36BrN3O6S3. The van der Waals surface area contributed by atoms with Gasteiger partial charge in [0.2, 0.25) is 10.0 Å². The van der Waals surface area contributed by atoms with Crippen molar-refractivity contribution in [3.8, 4) is 0 Å². The van der Waals surface area contributed by atoms with Crippen molar-refractivity contribution in [3.63, 3.8) is 0 Å². The van der Waals surface area contributed by atoms with E-state index in [0.717, 1.165) is 27.9 Å². The van der Waals surface area contributed by atoms with Crippen LogP contribution in [0.3, 0.4) is 0 Å². The zero-order valence-electron chi connectivity index (χ0n) is 25.1. The van der Waals surface area contributed by atoms with Gasteiger partial charge < -0.3 is 5.11 Å². The smallest absolute Gasteiger partial charge is 0.337 e. The van der Waals surface area contributed by atoms with Crippen LogP contribution >= 0.6 is 27.3 Å². The second-order valence-electron chi connectivity index (χ2n) is 11.3. The number of sulfonamides is 1. The van der Waals surface area contributed by atoms with Gasteiger partial charge in [0.1, 0.15) is 0 Å². The normalized spacial score (nSPS) is 14.0. The summed E-state index contributed by atoms with van der Waals surface area (Å²) in [6, 6.07) is 20.5. The van der Waals surface area contributed by atoms with Crippen LogP contribution < -0.4 is 8.61 Å².